The van der Waals surface area contributed by atoms with Crippen LogP contribution >= 0.6 is 28.1 Å². The zero-order valence-electron chi connectivity index (χ0n) is 19.0. The fourth-order valence-corrected chi connectivity index (χ4v) is 4.85. The summed E-state index contributed by atoms with van der Waals surface area (Å²) in [6.45, 7) is 5.17. The largest absolute Gasteiger partial charge is 0.368 e. The summed E-state index contributed by atoms with van der Waals surface area (Å²) in [5, 5.41) is 7.94. The lowest BCUT2D eigenvalue weighted by Crippen LogP contribution is -2.48. The van der Waals surface area contributed by atoms with Crippen molar-refractivity contribution in [2.24, 2.45) is 0 Å². The highest BCUT2D eigenvalue weighted by atomic mass is 79.9. The molecule has 1 aliphatic rings. The van der Waals surface area contributed by atoms with Crippen LogP contribution < -0.4 is 15.5 Å². The van der Waals surface area contributed by atoms with Gasteiger partial charge in [0.05, 0.1) is 0 Å². The Hall–Kier alpha value is -2.97. The molecule has 0 aromatic heterocycles. The maximum Gasteiger partial charge on any atom is 0.258 e. The SMILES string of the molecule is CCCC(=O)N1CCN(c2ccc(NC(=S)NC(=O)c3cccc4c(Br)cccc34)cc2)CC1. The van der Waals surface area contributed by atoms with Crippen LogP contribution in [0.5, 0.6) is 0 Å². The summed E-state index contributed by atoms with van der Waals surface area (Å²) < 4.78 is 0.939. The Labute approximate surface area is 213 Å². The number of hydrogen-bond acceptors (Lipinski definition) is 4. The van der Waals surface area contributed by atoms with E-state index in [9.17, 15) is 9.59 Å². The van der Waals surface area contributed by atoms with Crippen molar-refractivity contribution in [2.75, 3.05) is 36.4 Å². The van der Waals surface area contributed by atoms with Gasteiger partial charge in [0.25, 0.3) is 5.91 Å². The molecule has 8 heteroatoms. The average Bonchev–Trinajstić information content (AvgIpc) is 2.84. The van der Waals surface area contributed by atoms with Gasteiger partial charge in [-0.3, -0.25) is 14.9 Å². The maximum atomic E-state index is 12.9. The minimum Gasteiger partial charge on any atom is -0.368 e. The Morgan fingerprint density at radius 2 is 1.62 bits per heavy atom. The van der Waals surface area contributed by atoms with Crippen molar-refractivity contribution in [2.45, 2.75) is 19.8 Å². The molecule has 0 saturated carbocycles. The number of nitrogens with zero attached hydrogens (tertiary/aromatic N) is 2. The van der Waals surface area contributed by atoms with Crippen molar-refractivity contribution in [3.63, 3.8) is 0 Å². The van der Waals surface area contributed by atoms with Crippen LogP contribution in [-0.4, -0.2) is 48.0 Å². The van der Waals surface area contributed by atoms with Crippen molar-refractivity contribution in [3.8, 4) is 0 Å². The molecule has 0 spiro atoms. The van der Waals surface area contributed by atoms with Crippen LogP contribution in [0.3, 0.4) is 0 Å². The fraction of sp³-hybridized carbons (Fsp3) is 0.269. The Bertz CT molecular complexity index is 1210. The molecule has 0 atom stereocenters. The number of anilines is 2. The van der Waals surface area contributed by atoms with Crippen molar-refractivity contribution in [1.82, 2.24) is 10.2 Å². The summed E-state index contributed by atoms with van der Waals surface area (Å²) >= 11 is 8.91. The molecule has 3 aromatic rings. The van der Waals surface area contributed by atoms with Gasteiger partial charge in [0, 0.05) is 54.0 Å². The van der Waals surface area contributed by atoms with Crippen molar-refractivity contribution in [1.29, 1.82) is 0 Å². The molecule has 34 heavy (non-hydrogen) atoms. The van der Waals surface area contributed by atoms with E-state index in [0.29, 0.717) is 12.0 Å². The van der Waals surface area contributed by atoms with Gasteiger partial charge in [-0.05, 0) is 65.8 Å². The molecule has 1 aliphatic heterocycles. The van der Waals surface area contributed by atoms with Gasteiger partial charge in [-0.25, -0.2) is 0 Å². The number of nitrogens with one attached hydrogen (secondary N) is 2. The first-order chi connectivity index (χ1) is 16.5. The molecule has 0 aliphatic carbocycles. The van der Waals surface area contributed by atoms with Gasteiger partial charge < -0.3 is 15.1 Å². The molecule has 1 heterocycles. The number of halogens is 1. The molecule has 6 nitrogen and oxygen atoms in total. The number of carbonyl (C=O) groups excluding carboxylic acids is 2. The highest BCUT2D eigenvalue weighted by Crippen LogP contribution is 2.26. The summed E-state index contributed by atoms with van der Waals surface area (Å²) in [4.78, 5) is 29.2. The summed E-state index contributed by atoms with van der Waals surface area (Å²) in [6.07, 6.45) is 1.50. The molecular weight excluding hydrogens is 512 g/mol. The van der Waals surface area contributed by atoms with Gasteiger partial charge >= 0.3 is 0 Å². The highest BCUT2D eigenvalue weighted by Gasteiger charge is 2.20. The number of benzene rings is 3. The van der Waals surface area contributed by atoms with Gasteiger partial charge in [0.1, 0.15) is 0 Å². The van der Waals surface area contributed by atoms with Crippen LogP contribution in [0.15, 0.2) is 65.1 Å². The Morgan fingerprint density at radius 3 is 2.32 bits per heavy atom. The second-order valence-corrected chi connectivity index (χ2v) is 9.48. The Morgan fingerprint density at radius 1 is 0.941 bits per heavy atom. The normalized spacial score (nSPS) is 13.6. The predicted octanol–water partition coefficient (Wildman–Crippen LogP) is 5.18. The Kier molecular flexibility index (Phi) is 7.80. The average molecular weight is 539 g/mol. The van der Waals surface area contributed by atoms with Crippen LogP contribution in [0.2, 0.25) is 0 Å². The van der Waals surface area contributed by atoms with Crippen LogP contribution in [0.25, 0.3) is 10.8 Å². The van der Waals surface area contributed by atoms with E-state index >= 15 is 0 Å². The second-order valence-electron chi connectivity index (χ2n) is 8.21. The summed E-state index contributed by atoms with van der Waals surface area (Å²) in [7, 11) is 0. The third-order valence-electron chi connectivity index (χ3n) is 5.93. The smallest absolute Gasteiger partial charge is 0.258 e. The first-order valence-electron chi connectivity index (χ1n) is 11.4. The molecule has 0 bridgehead atoms. The third kappa shape index (κ3) is 5.56. The number of thiocarbonyl (C=S) groups is 1. The van der Waals surface area contributed by atoms with E-state index in [1.807, 2.05) is 66.4 Å². The first-order valence-corrected chi connectivity index (χ1v) is 12.6. The van der Waals surface area contributed by atoms with Gasteiger partial charge in [-0.15, -0.1) is 0 Å². The van der Waals surface area contributed by atoms with Crippen molar-refractivity contribution < 1.29 is 9.59 Å². The van der Waals surface area contributed by atoms with Gasteiger partial charge in [-0.2, -0.15) is 0 Å². The minimum atomic E-state index is -0.256. The van der Waals surface area contributed by atoms with E-state index in [4.69, 9.17) is 12.2 Å². The van der Waals surface area contributed by atoms with E-state index in [1.54, 1.807) is 6.07 Å². The second kappa shape index (κ2) is 11.0. The minimum absolute atomic E-state index is 0.243. The zero-order chi connectivity index (χ0) is 24.1. The molecule has 2 N–H and O–H groups in total. The van der Waals surface area contributed by atoms with Crippen LogP contribution in [-0.2, 0) is 4.79 Å². The van der Waals surface area contributed by atoms with Crippen molar-refractivity contribution in [3.05, 3.63) is 70.7 Å². The lowest BCUT2D eigenvalue weighted by Gasteiger charge is -2.36. The molecule has 0 unspecified atom stereocenters. The molecule has 2 amide bonds. The number of carbonyl (C=O) groups is 2. The lowest BCUT2D eigenvalue weighted by atomic mass is 10.0. The standard InChI is InChI=1S/C26H27BrN4O2S/c1-2-5-24(32)31-16-14-30(15-17-31)19-12-10-18(11-13-19)28-26(34)29-25(33)22-8-3-7-21-20(22)6-4-9-23(21)27/h3-4,6-13H,2,5,14-17H2,1H3,(H2,28,29,33,34). The number of rotatable bonds is 5. The number of piperazine rings is 1. The summed E-state index contributed by atoms with van der Waals surface area (Å²) in [5.74, 6) is -0.0123. The number of hydrogen-bond donors (Lipinski definition) is 2. The van der Waals surface area contributed by atoms with Gasteiger partial charge in [0.2, 0.25) is 5.91 Å². The van der Waals surface area contributed by atoms with E-state index in [0.717, 1.165) is 59.2 Å². The number of fused-ring (bicyclic) bond motifs is 1. The van der Waals surface area contributed by atoms with E-state index in [2.05, 4.69) is 31.5 Å². The summed E-state index contributed by atoms with van der Waals surface area (Å²) in [5.41, 5.74) is 2.46. The fourth-order valence-electron chi connectivity index (χ4n) is 4.14. The van der Waals surface area contributed by atoms with E-state index < -0.39 is 0 Å². The Balaban J connectivity index is 1.34. The zero-order valence-corrected chi connectivity index (χ0v) is 21.4. The first kappa shape index (κ1) is 24.2. The highest BCUT2D eigenvalue weighted by molar-refractivity contribution is 9.10. The van der Waals surface area contributed by atoms with Gasteiger partial charge in [-0.1, -0.05) is 47.1 Å². The molecule has 3 aromatic carbocycles. The molecular formula is C26H27BrN4O2S. The number of amides is 2. The molecule has 1 saturated heterocycles. The van der Waals surface area contributed by atoms with Gasteiger partial charge in [0.15, 0.2) is 5.11 Å². The quantitative estimate of drug-likeness (QED) is 0.438. The van der Waals surface area contributed by atoms with Crippen LogP contribution in [0.1, 0.15) is 30.1 Å². The maximum absolute atomic E-state index is 12.9. The molecule has 176 valence electrons. The molecule has 1 fully saturated rings. The molecule has 0 radical (unpaired) electrons. The van der Waals surface area contributed by atoms with Crippen LogP contribution in [0, 0.1) is 0 Å². The lowest BCUT2D eigenvalue weighted by molar-refractivity contribution is -0.131. The third-order valence-corrected chi connectivity index (χ3v) is 6.82. The predicted molar refractivity (Wildman–Crippen MR) is 145 cm³/mol. The monoisotopic (exact) mass is 538 g/mol. The topological polar surface area (TPSA) is 64.7 Å². The van der Waals surface area contributed by atoms with E-state index in [-0.39, 0.29) is 16.9 Å². The molecule has 4 rings (SSSR count). The van der Waals surface area contributed by atoms with Crippen LogP contribution in [0.4, 0.5) is 11.4 Å². The van der Waals surface area contributed by atoms with Crippen molar-refractivity contribution >= 4 is 67.2 Å². The summed E-state index contributed by atoms with van der Waals surface area (Å²) in [6, 6.07) is 19.3. The van der Waals surface area contributed by atoms with E-state index in [1.165, 1.54) is 0 Å².